The molecule has 0 saturated carbocycles. The summed E-state index contributed by atoms with van der Waals surface area (Å²) in [6, 6.07) is 0.244. The molecule has 5 nitrogen and oxygen atoms in total. The summed E-state index contributed by atoms with van der Waals surface area (Å²) in [5, 5.41) is 3.11. The van der Waals surface area contributed by atoms with Gasteiger partial charge in [0.05, 0.1) is 13.0 Å². The Kier molecular flexibility index (Phi) is 8.17. The molecule has 1 aliphatic heterocycles. The van der Waals surface area contributed by atoms with Gasteiger partial charge in [-0.15, -0.1) is 0 Å². The van der Waals surface area contributed by atoms with Crippen LogP contribution in [0.25, 0.3) is 0 Å². The van der Waals surface area contributed by atoms with Crippen molar-refractivity contribution in [2.45, 2.75) is 52.5 Å². The van der Waals surface area contributed by atoms with Crippen molar-refractivity contribution in [1.82, 2.24) is 10.2 Å². The van der Waals surface area contributed by atoms with E-state index in [0.717, 1.165) is 44.3 Å². The van der Waals surface area contributed by atoms with Gasteiger partial charge in [0.15, 0.2) is 0 Å². The molecule has 0 radical (unpaired) electrons. The second-order valence-corrected chi connectivity index (χ2v) is 6.29. The van der Waals surface area contributed by atoms with E-state index in [1.165, 1.54) is 13.2 Å². The smallest absolute Gasteiger partial charge is 0.330 e. The summed E-state index contributed by atoms with van der Waals surface area (Å²) in [6.07, 6.45) is 5.58. The van der Waals surface area contributed by atoms with E-state index in [1.54, 1.807) is 0 Å². The predicted molar refractivity (Wildman–Crippen MR) is 87.4 cm³/mol. The number of methoxy groups -OCH3 is 1. The summed E-state index contributed by atoms with van der Waals surface area (Å²) in [5.74, 6) is -0.101. The summed E-state index contributed by atoms with van der Waals surface area (Å²) < 4.78 is 4.64. The topological polar surface area (TPSA) is 58.6 Å². The van der Waals surface area contributed by atoms with Crippen molar-refractivity contribution in [1.29, 1.82) is 0 Å². The largest absolute Gasteiger partial charge is 0.466 e. The van der Waals surface area contributed by atoms with Gasteiger partial charge < -0.3 is 10.1 Å². The number of esters is 1. The minimum absolute atomic E-state index is 0.0546. The first-order valence-corrected chi connectivity index (χ1v) is 8.24. The molecule has 0 aromatic rings. The molecule has 2 atom stereocenters. The van der Waals surface area contributed by atoms with Crippen LogP contribution in [-0.4, -0.2) is 49.6 Å². The van der Waals surface area contributed by atoms with Crippen LogP contribution in [0.5, 0.6) is 0 Å². The lowest BCUT2D eigenvalue weighted by Crippen LogP contribution is -2.45. The summed E-state index contributed by atoms with van der Waals surface area (Å²) >= 11 is 0. The maximum atomic E-state index is 12.3. The second kappa shape index (κ2) is 9.62. The van der Waals surface area contributed by atoms with Crippen LogP contribution in [0.2, 0.25) is 0 Å². The van der Waals surface area contributed by atoms with Crippen LogP contribution in [0.4, 0.5) is 0 Å². The number of carbonyl (C=O) groups is 2. The van der Waals surface area contributed by atoms with Crippen molar-refractivity contribution in [3.05, 3.63) is 11.6 Å². The quantitative estimate of drug-likeness (QED) is 0.578. The number of rotatable bonds is 7. The summed E-state index contributed by atoms with van der Waals surface area (Å²) in [7, 11) is 1.38. The zero-order chi connectivity index (χ0) is 16.5. The Balaban J connectivity index is 2.48. The molecule has 5 heteroatoms. The van der Waals surface area contributed by atoms with E-state index in [9.17, 15) is 9.59 Å². The fourth-order valence-corrected chi connectivity index (χ4v) is 2.94. The lowest BCUT2D eigenvalue weighted by molar-refractivity contribution is -0.135. The molecule has 1 aliphatic rings. The van der Waals surface area contributed by atoms with E-state index >= 15 is 0 Å². The molecule has 126 valence electrons. The van der Waals surface area contributed by atoms with Crippen molar-refractivity contribution in [2.75, 3.05) is 26.7 Å². The van der Waals surface area contributed by atoms with E-state index in [1.807, 2.05) is 6.92 Å². The number of likely N-dealkylation sites (tertiary alicyclic amines) is 1. The maximum Gasteiger partial charge on any atom is 0.330 e. The Bertz CT molecular complexity index is 407. The normalized spacial score (nSPS) is 21.3. The van der Waals surface area contributed by atoms with Gasteiger partial charge in [0, 0.05) is 25.2 Å². The minimum Gasteiger partial charge on any atom is -0.466 e. The molecular formula is C17H30N2O3. The number of ether oxygens (including phenoxy) is 1. The molecule has 0 spiro atoms. The van der Waals surface area contributed by atoms with Gasteiger partial charge >= 0.3 is 5.97 Å². The van der Waals surface area contributed by atoms with Gasteiger partial charge in [-0.1, -0.05) is 18.9 Å². The Labute approximate surface area is 134 Å². The third-order valence-electron chi connectivity index (χ3n) is 4.03. The van der Waals surface area contributed by atoms with E-state index in [4.69, 9.17) is 0 Å². The minimum atomic E-state index is -0.322. The molecular weight excluding hydrogens is 280 g/mol. The van der Waals surface area contributed by atoms with Crippen LogP contribution in [0.15, 0.2) is 11.6 Å². The second-order valence-electron chi connectivity index (χ2n) is 6.29. The lowest BCUT2D eigenvalue weighted by Gasteiger charge is -2.32. The number of hydrogen-bond acceptors (Lipinski definition) is 4. The van der Waals surface area contributed by atoms with Crippen molar-refractivity contribution in [3.8, 4) is 0 Å². The first-order chi connectivity index (χ1) is 10.5. The number of carbonyl (C=O) groups excluding carboxylic acids is 2. The molecule has 1 heterocycles. The summed E-state index contributed by atoms with van der Waals surface area (Å²) in [5.41, 5.74) is 0.965. The number of nitrogens with zero attached hydrogens (tertiary/aromatic N) is 1. The van der Waals surface area contributed by atoms with Crippen molar-refractivity contribution in [3.63, 3.8) is 0 Å². The van der Waals surface area contributed by atoms with Crippen LogP contribution in [0.3, 0.4) is 0 Å². The molecule has 0 bridgehead atoms. The van der Waals surface area contributed by atoms with Gasteiger partial charge in [-0.25, -0.2) is 4.79 Å². The standard InChI is InChI=1S/C17H30N2O3/c1-5-7-14(3)18-17(21)15-8-6-9-19(12-15)11-13(2)10-16(20)22-4/h10,14-15H,5-9,11-12H2,1-4H3,(H,18,21)/b13-10+. The molecule has 1 saturated heterocycles. The predicted octanol–water partition coefficient (Wildman–Crippen LogP) is 2.12. The maximum absolute atomic E-state index is 12.3. The van der Waals surface area contributed by atoms with Crippen molar-refractivity contribution < 1.29 is 14.3 Å². The van der Waals surface area contributed by atoms with Crippen LogP contribution in [0.1, 0.15) is 46.5 Å². The molecule has 1 rings (SSSR count). The Morgan fingerprint density at radius 2 is 2.18 bits per heavy atom. The van der Waals surface area contributed by atoms with Crippen LogP contribution in [0, 0.1) is 5.92 Å². The Morgan fingerprint density at radius 1 is 1.45 bits per heavy atom. The zero-order valence-corrected chi connectivity index (χ0v) is 14.4. The van der Waals surface area contributed by atoms with E-state index in [-0.39, 0.29) is 23.8 Å². The first kappa shape index (κ1) is 18.7. The van der Waals surface area contributed by atoms with Gasteiger partial charge in [0.25, 0.3) is 0 Å². The van der Waals surface area contributed by atoms with Crippen molar-refractivity contribution >= 4 is 11.9 Å². The molecule has 2 unspecified atom stereocenters. The number of piperidine rings is 1. The highest BCUT2D eigenvalue weighted by Crippen LogP contribution is 2.18. The Morgan fingerprint density at radius 3 is 2.82 bits per heavy atom. The molecule has 1 fully saturated rings. The van der Waals surface area contributed by atoms with E-state index < -0.39 is 0 Å². The number of nitrogens with one attached hydrogen (secondary N) is 1. The van der Waals surface area contributed by atoms with Gasteiger partial charge in [-0.2, -0.15) is 0 Å². The highest BCUT2D eigenvalue weighted by molar-refractivity contribution is 5.82. The molecule has 1 N–H and O–H groups in total. The SMILES string of the molecule is CCCC(C)NC(=O)C1CCCN(C/C(C)=C/C(=O)OC)C1. The highest BCUT2D eigenvalue weighted by atomic mass is 16.5. The van der Waals surface area contributed by atoms with Crippen molar-refractivity contribution in [2.24, 2.45) is 5.92 Å². The molecule has 1 amide bonds. The molecule has 0 aromatic heterocycles. The van der Waals surface area contributed by atoms with Crippen LogP contribution in [-0.2, 0) is 14.3 Å². The fraction of sp³-hybridized carbons (Fsp3) is 0.765. The van der Waals surface area contributed by atoms with Gasteiger partial charge in [0.1, 0.15) is 0 Å². The average Bonchev–Trinajstić information content (AvgIpc) is 2.47. The molecule has 0 aromatic carbocycles. The fourth-order valence-electron chi connectivity index (χ4n) is 2.94. The highest BCUT2D eigenvalue weighted by Gasteiger charge is 2.26. The third-order valence-corrected chi connectivity index (χ3v) is 4.03. The Hall–Kier alpha value is -1.36. The summed E-state index contributed by atoms with van der Waals surface area (Å²) in [6.45, 7) is 8.55. The monoisotopic (exact) mass is 310 g/mol. The summed E-state index contributed by atoms with van der Waals surface area (Å²) in [4.78, 5) is 25.8. The molecule has 22 heavy (non-hydrogen) atoms. The number of amides is 1. The van der Waals surface area contributed by atoms with E-state index in [2.05, 4.69) is 28.8 Å². The average molecular weight is 310 g/mol. The third kappa shape index (κ3) is 6.60. The van der Waals surface area contributed by atoms with E-state index in [0.29, 0.717) is 6.54 Å². The molecule has 0 aliphatic carbocycles. The van der Waals surface area contributed by atoms with Gasteiger partial charge in [0.2, 0.25) is 5.91 Å². The van der Waals surface area contributed by atoms with Gasteiger partial charge in [-0.3, -0.25) is 9.69 Å². The lowest BCUT2D eigenvalue weighted by atomic mass is 9.96. The van der Waals surface area contributed by atoms with Gasteiger partial charge in [-0.05, 0) is 39.7 Å². The zero-order valence-electron chi connectivity index (χ0n) is 14.4. The van der Waals surface area contributed by atoms with Crippen LogP contribution >= 0.6 is 0 Å². The van der Waals surface area contributed by atoms with Crippen LogP contribution < -0.4 is 5.32 Å². The number of hydrogen-bond donors (Lipinski definition) is 1. The first-order valence-electron chi connectivity index (χ1n) is 8.24.